The summed E-state index contributed by atoms with van der Waals surface area (Å²) in [6, 6.07) is 12.8. The van der Waals surface area contributed by atoms with Crippen molar-refractivity contribution in [3.05, 3.63) is 53.1 Å². The van der Waals surface area contributed by atoms with Crippen molar-refractivity contribution in [3.63, 3.8) is 0 Å². The minimum Gasteiger partial charge on any atom is -0.493 e. The maximum Gasteiger partial charge on any atom is 0.250 e. The second kappa shape index (κ2) is 9.34. The van der Waals surface area contributed by atoms with Gasteiger partial charge in [0.2, 0.25) is 5.91 Å². The molecule has 25 heavy (non-hydrogen) atoms. The average molecular weight is 379 g/mol. The van der Waals surface area contributed by atoms with Crippen molar-refractivity contribution in [1.82, 2.24) is 5.43 Å². The Morgan fingerprint density at radius 2 is 1.80 bits per heavy atom. The van der Waals surface area contributed by atoms with Crippen LogP contribution in [0.5, 0.6) is 11.5 Å². The summed E-state index contributed by atoms with van der Waals surface area (Å²) in [6.45, 7) is 1.81. The first-order valence-electron chi connectivity index (χ1n) is 7.47. The van der Waals surface area contributed by atoms with E-state index < -0.39 is 0 Å². The molecule has 0 aliphatic heterocycles. The summed E-state index contributed by atoms with van der Waals surface area (Å²) in [7, 11) is 3.15. The van der Waals surface area contributed by atoms with Gasteiger partial charge in [0.05, 0.1) is 25.7 Å². The zero-order valence-electron chi connectivity index (χ0n) is 14.2. The van der Waals surface area contributed by atoms with Crippen molar-refractivity contribution >= 4 is 35.0 Å². The molecular formula is C18H19ClN2O3S. The van der Waals surface area contributed by atoms with Gasteiger partial charge in [0.15, 0.2) is 11.5 Å². The molecule has 2 aromatic rings. The number of rotatable bonds is 7. The Hall–Kier alpha value is -2.18. The van der Waals surface area contributed by atoms with Crippen LogP contribution in [-0.4, -0.2) is 31.6 Å². The van der Waals surface area contributed by atoms with E-state index >= 15 is 0 Å². The van der Waals surface area contributed by atoms with Crippen LogP contribution in [-0.2, 0) is 4.79 Å². The molecule has 0 unspecified atom stereocenters. The van der Waals surface area contributed by atoms with Crippen LogP contribution < -0.4 is 14.9 Å². The number of methoxy groups -OCH3 is 2. The number of hydrogen-bond acceptors (Lipinski definition) is 5. The van der Waals surface area contributed by atoms with Crippen LogP contribution in [0.4, 0.5) is 0 Å². The van der Waals surface area contributed by atoms with E-state index in [9.17, 15) is 4.79 Å². The fraction of sp³-hybridized carbons (Fsp3) is 0.222. The van der Waals surface area contributed by atoms with Crippen molar-refractivity contribution in [2.75, 3.05) is 20.0 Å². The second-order valence-corrected chi connectivity index (χ2v) is 6.53. The molecule has 0 heterocycles. The predicted octanol–water partition coefficient (Wildman–Crippen LogP) is 3.99. The number of amides is 1. The lowest BCUT2D eigenvalue weighted by molar-refractivity contribution is -0.118. The first kappa shape index (κ1) is 19.1. The van der Waals surface area contributed by atoms with Gasteiger partial charge in [0, 0.05) is 15.5 Å². The van der Waals surface area contributed by atoms with E-state index in [4.69, 9.17) is 21.1 Å². The summed E-state index contributed by atoms with van der Waals surface area (Å²) in [5.74, 6) is 1.34. The molecule has 0 aliphatic carbocycles. The highest BCUT2D eigenvalue weighted by atomic mass is 35.5. The Balaban J connectivity index is 1.93. The van der Waals surface area contributed by atoms with E-state index in [1.54, 1.807) is 32.4 Å². The third-order valence-electron chi connectivity index (χ3n) is 3.33. The molecule has 0 atom stereocenters. The molecule has 0 saturated carbocycles. The minimum absolute atomic E-state index is 0.181. The van der Waals surface area contributed by atoms with Crippen LogP contribution in [0.1, 0.15) is 12.5 Å². The molecular weight excluding hydrogens is 360 g/mol. The Morgan fingerprint density at radius 1 is 1.12 bits per heavy atom. The van der Waals surface area contributed by atoms with Crippen molar-refractivity contribution in [2.24, 2.45) is 5.10 Å². The summed E-state index contributed by atoms with van der Waals surface area (Å²) in [4.78, 5) is 12.9. The van der Waals surface area contributed by atoms with Crippen molar-refractivity contribution < 1.29 is 14.3 Å². The van der Waals surface area contributed by atoms with Gasteiger partial charge in [-0.05, 0) is 49.4 Å². The Bertz CT molecular complexity index is 763. The molecule has 0 saturated heterocycles. The smallest absolute Gasteiger partial charge is 0.250 e. The Morgan fingerprint density at radius 3 is 2.44 bits per heavy atom. The van der Waals surface area contributed by atoms with Gasteiger partial charge >= 0.3 is 0 Å². The molecule has 0 spiro atoms. The molecule has 5 nitrogen and oxygen atoms in total. The number of nitrogens with one attached hydrogen (secondary N) is 1. The summed E-state index contributed by atoms with van der Waals surface area (Å²) >= 11 is 7.25. The maximum absolute atomic E-state index is 11.9. The van der Waals surface area contributed by atoms with Crippen LogP contribution in [0.15, 0.2) is 52.5 Å². The van der Waals surface area contributed by atoms with E-state index in [-0.39, 0.29) is 11.7 Å². The van der Waals surface area contributed by atoms with Crippen molar-refractivity contribution in [3.8, 4) is 11.5 Å². The molecule has 0 aromatic heterocycles. The van der Waals surface area contributed by atoms with Gasteiger partial charge in [-0.3, -0.25) is 4.79 Å². The number of thioether (sulfide) groups is 1. The predicted molar refractivity (Wildman–Crippen MR) is 102 cm³/mol. The standard InChI is InChI=1S/C18H19ClN2O3S/c1-12(13-4-9-16(23-2)17(10-13)24-3)20-21-18(22)11-25-15-7-5-14(19)6-8-15/h4-10H,11H2,1-3H3,(H,21,22)/b20-12+. The topological polar surface area (TPSA) is 59.9 Å². The highest BCUT2D eigenvalue weighted by Gasteiger charge is 2.07. The van der Waals surface area contributed by atoms with Gasteiger partial charge in [-0.1, -0.05) is 11.6 Å². The van der Waals surface area contributed by atoms with Gasteiger partial charge in [-0.25, -0.2) is 5.43 Å². The number of ether oxygens (including phenoxy) is 2. The molecule has 7 heteroatoms. The molecule has 1 N–H and O–H groups in total. The van der Waals surface area contributed by atoms with Crippen LogP contribution in [0.2, 0.25) is 5.02 Å². The third kappa shape index (κ3) is 5.69. The molecule has 2 rings (SSSR count). The molecule has 2 aromatic carbocycles. The van der Waals surface area contributed by atoms with E-state index in [1.807, 2.05) is 31.2 Å². The molecule has 0 radical (unpaired) electrons. The minimum atomic E-state index is -0.181. The lowest BCUT2D eigenvalue weighted by Crippen LogP contribution is -2.21. The number of carbonyl (C=O) groups excluding carboxylic acids is 1. The quantitative estimate of drug-likeness (QED) is 0.449. The number of nitrogens with zero attached hydrogens (tertiary/aromatic N) is 1. The summed E-state index contributed by atoms with van der Waals surface area (Å²) in [5, 5.41) is 4.81. The zero-order valence-corrected chi connectivity index (χ0v) is 15.8. The molecule has 0 bridgehead atoms. The zero-order chi connectivity index (χ0) is 18.2. The number of hydrazone groups is 1. The van der Waals surface area contributed by atoms with Crippen LogP contribution >= 0.6 is 23.4 Å². The number of benzene rings is 2. The number of carbonyl (C=O) groups is 1. The summed E-state index contributed by atoms with van der Waals surface area (Å²) in [5.41, 5.74) is 4.07. The summed E-state index contributed by atoms with van der Waals surface area (Å²) in [6.07, 6.45) is 0. The van der Waals surface area contributed by atoms with Gasteiger partial charge in [-0.2, -0.15) is 5.10 Å². The normalized spacial score (nSPS) is 11.1. The van der Waals surface area contributed by atoms with E-state index in [0.29, 0.717) is 22.2 Å². The highest BCUT2D eigenvalue weighted by molar-refractivity contribution is 8.00. The van der Waals surface area contributed by atoms with Gasteiger partial charge in [-0.15, -0.1) is 11.8 Å². The first-order chi connectivity index (χ1) is 12.0. The number of hydrogen-bond donors (Lipinski definition) is 1. The van der Waals surface area contributed by atoms with Crippen LogP contribution in [0.25, 0.3) is 0 Å². The first-order valence-corrected chi connectivity index (χ1v) is 8.83. The molecule has 0 fully saturated rings. The third-order valence-corrected chi connectivity index (χ3v) is 4.60. The fourth-order valence-corrected chi connectivity index (χ4v) is 2.80. The Labute approximate surface area is 156 Å². The van der Waals surface area contributed by atoms with Crippen molar-refractivity contribution in [2.45, 2.75) is 11.8 Å². The van der Waals surface area contributed by atoms with E-state index in [2.05, 4.69) is 10.5 Å². The maximum atomic E-state index is 11.9. The van der Waals surface area contributed by atoms with Gasteiger partial charge in [0.25, 0.3) is 0 Å². The van der Waals surface area contributed by atoms with Gasteiger partial charge in [0.1, 0.15) is 0 Å². The van der Waals surface area contributed by atoms with Crippen LogP contribution in [0, 0.1) is 0 Å². The average Bonchev–Trinajstić information content (AvgIpc) is 2.64. The second-order valence-electron chi connectivity index (χ2n) is 5.04. The lowest BCUT2D eigenvalue weighted by atomic mass is 10.1. The fourth-order valence-electron chi connectivity index (χ4n) is 1.98. The molecule has 132 valence electrons. The van der Waals surface area contributed by atoms with Gasteiger partial charge < -0.3 is 9.47 Å². The highest BCUT2D eigenvalue weighted by Crippen LogP contribution is 2.27. The van der Waals surface area contributed by atoms with Crippen molar-refractivity contribution in [1.29, 1.82) is 0 Å². The Kier molecular flexibility index (Phi) is 7.16. The lowest BCUT2D eigenvalue weighted by Gasteiger charge is -2.09. The molecule has 0 aliphatic rings. The van der Waals surface area contributed by atoms with E-state index in [1.165, 1.54) is 11.8 Å². The van der Waals surface area contributed by atoms with Crippen LogP contribution in [0.3, 0.4) is 0 Å². The van der Waals surface area contributed by atoms with E-state index in [0.717, 1.165) is 10.5 Å². The molecule has 1 amide bonds. The summed E-state index contributed by atoms with van der Waals surface area (Å²) < 4.78 is 10.5. The SMILES string of the molecule is COc1ccc(/C(C)=N/NC(=O)CSc2ccc(Cl)cc2)cc1OC. The monoisotopic (exact) mass is 378 g/mol. The largest absolute Gasteiger partial charge is 0.493 e. The number of halogens is 1.